The molecule has 0 bridgehead atoms. The Balaban J connectivity index is 0.00000151. The maximum Gasteiger partial charge on any atom is 0.138 e. The van der Waals surface area contributed by atoms with Crippen molar-refractivity contribution in [2.45, 2.75) is 13.8 Å². The van der Waals surface area contributed by atoms with Crippen LogP contribution in [0.25, 0.3) is 0 Å². The van der Waals surface area contributed by atoms with Crippen molar-refractivity contribution in [1.82, 2.24) is 9.97 Å². The minimum absolute atomic E-state index is 0.174. The highest BCUT2D eigenvalue weighted by Gasteiger charge is 2.14. The van der Waals surface area contributed by atoms with Gasteiger partial charge in [-0.2, -0.15) is 0 Å². The van der Waals surface area contributed by atoms with E-state index in [0.29, 0.717) is 16.9 Å². The Morgan fingerprint density at radius 1 is 1.12 bits per heavy atom. The van der Waals surface area contributed by atoms with Crippen molar-refractivity contribution >= 4 is 17.3 Å². The Hall–Kier alpha value is -3.41. The molecule has 0 fully saturated rings. The highest BCUT2D eigenvalue weighted by atomic mass is 16.5. The van der Waals surface area contributed by atoms with Gasteiger partial charge in [0.2, 0.25) is 0 Å². The molecular formula is C19H23N5O. The third-order valence-corrected chi connectivity index (χ3v) is 3.10. The van der Waals surface area contributed by atoms with Gasteiger partial charge >= 0.3 is 0 Å². The number of nitrogens with zero attached hydrogens (tertiary/aromatic N) is 2. The van der Waals surface area contributed by atoms with Gasteiger partial charge in [0.25, 0.3) is 0 Å². The summed E-state index contributed by atoms with van der Waals surface area (Å²) in [7, 11) is 0. The van der Waals surface area contributed by atoms with Crippen LogP contribution in [0.5, 0.6) is 5.75 Å². The van der Waals surface area contributed by atoms with Gasteiger partial charge in [0, 0.05) is 5.56 Å². The highest BCUT2D eigenvalue weighted by Crippen LogP contribution is 2.21. The molecule has 0 radical (unpaired) electrons. The van der Waals surface area contributed by atoms with E-state index < -0.39 is 0 Å². The maximum absolute atomic E-state index is 8.25. The van der Waals surface area contributed by atoms with Gasteiger partial charge in [0.05, 0.1) is 11.3 Å². The van der Waals surface area contributed by atoms with E-state index in [1.165, 1.54) is 6.33 Å². The molecule has 6 heteroatoms. The number of benzene rings is 1. The Kier molecular flexibility index (Phi) is 7.59. The molecule has 0 amide bonds. The number of ether oxygens (including phenoxy) is 1. The first-order valence-electron chi connectivity index (χ1n) is 7.55. The van der Waals surface area contributed by atoms with Crippen LogP contribution in [-0.2, 0) is 0 Å². The van der Waals surface area contributed by atoms with Gasteiger partial charge in [-0.1, -0.05) is 12.2 Å². The zero-order valence-corrected chi connectivity index (χ0v) is 14.5. The van der Waals surface area contributed by atoms with Crippen molar-refractivity contribution in [2.75, 3.05) is 11.5 Å². The fourth-order valence-corrected chi connectivity index (χ4v) is 1.96. The Labute approximate surface area is 148 Å². The summed E-state index contributed by atoms with van der Waals surface area (Å²) in [5, 5.41) is 8.25. The van der Waals surface area contributed by atoms with Crippen LogP contribution in [0, 0.1) is 5.41 Å². The van der Waals surface area contributed by atoms with E-state index in [2.05, 4.69) is 23.1 Å². The third-order valence-electron chi connectivity index (χ3n) is 3.10. The Bertz CT molecular complexity index is 759. The van der Waals surface area contributed by atoms with Gasteiger partial charge in [-0.25, -0.2) is 9.97 Å². The van der Waals surface area contributed by atoms with Crippen molar-refractivity contribution in [3.8, 4) is 5.75 Å². The summed E-state index contributed by atoms with van der Waals surface area (Å²) in [6, 6.07) is 7.11. The summed E-state index contributed by atoms with van der Waals surface area (Å²) < 4.78 is 5.67. The Morgan fingerprint density at radius 3 is 2.20 bits per heavy atom. The van der Waals surface area contributed by atoms with Crippen LogP contribution in [0.15, 0.2) is 67.7 Å². The lowest BCUT2D eigenvalue weighted by atomic mass is 10.0. The Morgan fingerprint density at radius 2 is 1.68 bits per heavy atom. The molecule has 1 aromatic heterocycles. The summed E-state index contributed by atoms with van der Waals surface area (Å²) >= 11 is 0. The molecule has 6 nitrogen and oxygen atoms in total. The summed E-state index contributed by atoms with van der Waals surface area (Å²) in [5.41, 5.74) is 12.7. The average Bonchev–Trinajstić information content (AvgIpc) is 2.62. The van der Waals surface area contributed by atoms with E-state index in [0.717, 1.165) is 5.76 Å². The van der Waals surface area contributed by atoms with Crippen LogP contribution >= 0.6 is 0 Å². The molecule has 0 aliphatic rings. The van der Waals surface area contributed by atoms with Crippen molar-refractivity contribution < 1.29 is 4.74 Å². The molecule has 130 valence electrons. The van der Waals surface area contributed by atoms with Crippen molar-refractivity contribution in [3.05, 3.63) is 78.9 Å². The lowest BCUT2D eigenvalue weighted by Crippen LogP contribution is -2.11. The molecule has 0 unspecified atom stereocenters. The molecule has 0 aliphatic carbocycles. The zero-order chi connectivity index (χ0) is 18.8. The number of rotatable bonds is 5. The van der Waals surface area contributed by atoms with Crippen LogP contribution in [0.3, 0.4) is 0 Å². The van der Waals surface area contributed by atoms with Crippen LogP contribution < -0.4 is 16.2 Å². The van der Waals surface area contributed by atoms with Crippen LogP contribution in [-0.4, -0.2) is 15.7 Å². The third kappa shape index (κ3) is 5.31. The normalized spacial score (nSPS) is 10.9. The zero-order valence-electron chi connectivity index (χ0n) is 14.5. The quantitative estimate of drug-likeness (QED) is 0.333. The number of hydrogen-bond donors (Lipinski definition) is 3. The largest absolute Gasteiger partial charge is 0.462 e. The maximum atomic E-state index is 8.25. The van der Waals surface area contributed by atoms with E-state index >= 15 is 0 Å². The van der Waals surface area contributed by atoms with Gasteiger partial charge in [-0.15, -0.1) is 13.2 Å². The molecule has 1 heterocycles. The fraction of sp³-hybridized carbons (Fsp3) is 0.105. The number of anilines is 2. The number of allylic oxidation sites excluding steroid dienone is 4. The molecule has 1 aromatic carbocycles. The molecule has 25 heavy (non-hydrogen) atoms. The van der Waals surface area contributed by atoms with Gasteiger partial charge in [-0.3, -0.25) is 5.41 Å². The summed E-state index contributed by atoms with van der Waals surface area (Å²) in [6.45, 7) is 9.81. The first-order valence-corrected chi connectivity index (χ1v) is 7.55. The highest BCUT2D eigenvalue weighted by molar-refractivity contribution is 6.15. The number of hydrogen-bond acceptors (Lipinski definition) is 6. The fourth-order valence-electron chi connectivity index (χ4n) is 1.96. The minimum Gasteiger partial charge on any atom is -0.462 e. The van der Waals surface area contributed by atoms with E-state index in [1.54, 1.807) is 24.3 Å². The van der Waals surface area contributed by atoms with Gasteiger partial charge in [-0.05, 0) is 44.2 Å². The molecule has 2 rings (SSSR count). The molecular weight excluding hydrogens is 314 g/mol. The van der Waals surface area contributed by atoms with Crippen LogP contribution in [0.2, 0.25) is 0 Å². The minimum atomic E-state index is 0.174. The van der Waals surface area contributed by atoms with E-state index in [-0.39, 0.29) is 17.3 Å². The van der Waals surface area contributed by atoms with Gasteiger partial charge in [0.1, 0.15) is 29.5 Å². The van der Waals surface area contributed by atoms with Crippen LogP contribution in [0.4, 0.5) is 11.6 Å². The van der Waals surface area contributed by atoms with E-state index in [9.17, 15) is 0 Å². The van der Waals surface area contributed by atoms with Crippen molar-refractivity contribution in [3.63, 3.8) is 0 Å². The van der Waals surface area contributed by atoms with Crippen molar-refractivity contribution in [1.29, 1.82) is 5.41 Å². The summed E-state index contributed by atoms with van der Waals surface area (Å²) in [5.74, 6) is 1.84. The monoisotopic (exact) mass is 337 g/mol. The smallest absolute Gasteiger partial charge is 0.138 e. The second-order valence-electron chi connectivity index (χ2n) is 4.82. The summed E-state index contributed by atoms with van der Waals surface area (Å²) in [4.78, 5) is 7.76. The van der Waals surface area contributed by atoms with Crippen LogP contribution in [0.1, 0.15) is 25.0 Å². The second kappa shape index (κ2) is 9.67. The number of nitrogens with two attached hydrogens (primary N) is 2. The molecule has 0 atom stereocenters. The molecule has 0 saturated heterocycles. The lowest BCUT2D eigenvalue weighted by molar-refractivity contribution is 0.428. The van der Waals surface area contributed by atoms with E-state index in [4.69, 9.17) is 21.6 Å². The first-order chi connectivity index (χ1) is 12.0. The van der Waals surface area contributed by atoms with Crippen molar-refractivity contribution in [2.24, 2.45) is 0 Å². The first kappa shape index (κ1) is 19.6. The molecule has 5 N–H and O–H groups in total. The predicted molar refractivity (Wildman–Crippen MR) is 104 cm³/mol. The standard InChI is InChI=1S/C17H19N5O.C2H4/c1-3-4-5-11(2)23-13-8-6-12(7-9-13)15(18)14-16(19)21-10-22-17(14)20;1-2/h3-10,18H,1-2H3,(H4,19,20,21,22);1-2H2/b4-3-,11-5+,18-15?;. The van der Waals surface area contributed by atoms with E-state index in [1.807, 2.05) is 32.1 Å². The summed E-state index contributed by atoms with van der Waals surface area (Å²) in [6.07, 6.45) is 6.98. The molecule has 0 aliphatic heterocycles. The average molecular weight is 337 g/mol. The SMILES string of the molecule is C/C=C\C=C(/C)Oc1ccc(C(=N)c2c(N)ncnc2N)cc1.C=C. The predicted octanol–water partition coefficient (Wildman–Crippen LogP) is 3.72. The van der Waals surface area contributed by atoms with Gasteiger partial charge < -0.3 is 16.2 Å². The number of nitrogen functional groups attached to an aromatic ring is 2. The molecule has 0 saturated carbocycles. The second-order valence-corrected chi connectivity index (χ2v) is 4.82. The lowest BCUT2D eigenvalue weighted by Gasteiger charge is -2.10. The topological polar surface area (TPSA) is 111 Å². The molecule has 0 spiro atoms. The van der Waals surface area contributed by atoms with Gasteiger partial charge in [0.15, 0.2) is 0 Å². The number of aromatic nitrogens is 2. The number of nitrogens with one attached hydrogen (secondary N) is 1. The molecule has 2 aromatic rings.